The summed E-state index contributed by atoms with van der Waals surface area (Å²) in [6.07, 6.45) is 6.19. The summed E-state index contributed by atoms with van der Waals surface area (Å²) in [6, 6.07) is 6.26. The summed E-state index contributed by atoms with van der Waals surface area (Å²) in [5, 5.41) is 0. The van der Waals surface area contributed by atoms with Crippen molar-refractivity contribution in [3.63, 3.8) is 0 Å². The third-order valence-corrected chi connectivity index (χ3v) is 5.74. The maximum atomic E-state index is 12.6. The van der Waals surface area contributed by atoms with E-state index in [1.54, 1.807) is 0 Å². The molecular formula is C21H30N2O2. The van der Waals surface area contributed by atoms with Crippen molar-refractivity contribution in [2.45, 2.75) is 52.4 Å². The molecule has 136 valence electrons. The van der Waals surface area contributed by atoms with E-state index in [1.807, 2.05) is 9.80 Å². The van der Waals surface area contributed by atoms with Crippen molar-refractivity contribution in [3.8, 4) is 0 Å². The average Bonchev–Trinajstić information content (AvgIpc) is 2.64. The summed E-state index contributed by atoms with van der Waals surface area (Å²) >= 11 is 0. The number of nitrogens with zero attached hydrogens (tertiary/aromatic N) is 2. The molecular weight excluding hydrogens is 312 g/mol. The minimum Gasteiger partial charge on any atom is -0.339 e. The molecule has 0 bridgehead atoms. The first-order valence-electron chi connectivity index (χ1n) is 9.67. The first kappa shape index (κ1) is 18.0. The van der Waals surface area contributed by atoms with Crippen LogP contribution in [0.25, 0.3) is 0 Å². The van der Waals surface area contributed by atoms with Gasteiger partial charge in [0.15, 0.2) is 0 Å². The van der Waals surface area contributed by atoms with E-state index >= 15 is 0 Å². The highest BCUT2D eigenvalue weighted by molar-refractivity contribution is 5.81. The van der Waals surface area contributed by atoms with Gasteiger partial charge in [0.25, 0.3) is 0 Å². The van der Waals surface area contributed by atoms with Crippen molar-refractivity contribution < 1.29 is 9.59 Å². The molecule has 1 saturated heterocycles. The van der Waals surface area contributed by atoms with Crippen LogP contribution in [0.5, 0.6) is 0 Å². The van der Waals surface area contributed by atoms with Gasteiger partial charge in [0.1, 0.15) is 0 Å². The van der Waals surface area contributed by atoms with Gasteiger partial charge in [-0.3, -0.25) is 9.59 Å². The molecule has 2 fully saturated rings. The molecule has 1 aromatic carbocycles. The van der Waals surface area contributed by atoms with Gasteiger partial charge in [-0.05, 0) is 37.8 Å². The van der Waals surface area contributed by atoms with Gasteiger partial charge < -0.3 is 9.80 Å². The first-order valence-corrected chi connectivity index (χ1v) is 9.67. The summed E-state index contributed by atoms with van der Waals surface area (Å²) in [7, 11) is 0. The molecule has 25 heavy (non-hydrogen) atoms. The van der Waals surface area contributed by atoms with Crippen LogP contribution in [0.3, 0.4) is 0 Å². The second-order valence-corrected chi connectivity index (χ2v) is 7.65. The Hall–Kier alpha value is -1.84. The van der Waals surface area contributed by atoms with Crippen molar-refractivity contribution in [1.29, 1.82) is 0 Å². The SMILES string of the molecule is Cc1ccc(CC(=O)N2CCN(C(=O)C3CCCCC3)CC2)c(C)c1. The molecule has 0 unspecified atom stereocenters. The van der Waals surface area contributed by atoms with Crippen molar-refractivity contribution in [3.05, 3.63) is 34.9 Å². The van der Waals surface area contributed by atoms with E-state index in [1.165, 1.54) is 30.4 Å². The molecule has 0 N–H and O–H groups in total. The summed E-state index contributed by atoms with van der Waals surface area (Å²) in [6.45, 7) is 6.85. The topological polar surface area (TPSA) is 40.6 Å². The number of rotatable bonds is 3. The van der Waals surface area contributed by atoms with Crippen LogP contribution >= 0.6 is 0 Å². The average molecular weight is 342 g/mol. The van der Waals surface area contributed by atoms with Crippen LogP contribution in [0, 0.1) is 19.8 Å². The fourth-order valence-electron chi connectivity index (χ4n) is 4.10. The van der Waals surface area contributed by atoms with Crippen LogP contribution in [0.2, 0.25) is 0 Å². The Labute approximate surface area is 151 Å². The van der Waals surface area contributed by atoms with Crippen molar-refractivity contribution >= 4 is 11.8 Å². The zero-order valence-electron chi connectivity index (χ0n) is 15.6. The molecule has 0 radical (unpaired) electrons. The summed E-state index contributed by atoms with van der Waals surface area (Å²) in [5.41, 5.74) is 3.51. The molecule has 1 aliphatic carbocycles. The lowest BCUT2D eigenvalue weighted by Crippen LogP contribution is -2.52. The second-order valence-electron chi connectivity index (χ2n) is 7.65. The number of hydrogen-bond acceptors (Lipinski definition) is 2. The highest BCUT2D eigenvalue weighted by Crippen LogP contribution is 2.26. The third-order valence-electron chi connectivity index (χ3n) is 5.74. The van der Waals surface area contributed by atoms with Gasteiger partial charge >= 0.3 is 0 Å². The molecule has 2 aliphatic rings. The Bertz CT molecular complexity index is 627. The molecule has 1 aromatic rings. The first-order chi connectivity index (χ1) is 12.0. The molecule has 1 saturated carbocycles. The summed E-state index contributed by atoms with van der Waals surface area (Å²) in [5.74, 6) is 0.726. The number of piperazine rings is 1. The minimum atomic E-state index is 0.178. The zero-order chi connectivity index (χ0) is 17.8. The molecule has 0 atom stereocenters. The number of hydrogen-bond donors (Lipinski definition) is 0. The van der Waals surface area contributed by atoms with E-state index in [0.29, 0.717) is 38.5 Å². The van der Waals surface area contributed by atoms with Gasteiger partial charge in [-0.25, -0.2) is 0 Å². The summed E-state index contributed by atoms with van der Waals surface area (Å²) in [4.78, 5) is 29.1. The Balaban J connectivity index is 1.51. The van der Waals surface area contributed by atoms with Gasteiger partial charge in [0.05, 0.1) is 6.42 Å². The molecule has 4 heteroatoms. The molecule has 1 aliphatic heterocycles. The fraction of sp³-hybridized carbons (Fsp3) is 0.619. The maximum absolute atomic E-state index is 12.6. The molecule has 0 aromatic heterocycles. The van der Waals surface area contributed by atoms with E-state index in [2.05, 4.69) is 32.0 Å². The minimum absolute atomic E-state index is 0.178. The van der Waals surface area contributed by atoms with E-state index in [9.17, 15) is 9.59 Å². The van der Waals surface area contributed by atoms with Crippen LogP contribution in [0.1, 0.15) is 48.8 Å². The molecule has 0 spiro atoms. The van der Waals surface area contributed by atoms with Crippen LogP contribution in [-0.2, 0) is 16.0 Å². The Morgan fingerprint density at radius 3 is 2.24 bits per heavy atom. The zero-order valence-corrected chi connectivity index (χ0v) is 15.6. The van der Waals surface area contributed by atoms with Gasteiger partial charge in [-0.15, -0.1) is 0 Å². The number of carbonyl (C=O) groups is 2. The Morgan fingerprint density at radius 1 is 0.960 bits per heavy atom. The lowest BCUT2D eigenvalue weighted by Gasteiger charge is -2.37. The van der Waals surface area contributed by atoms with E-state index in [4.69, 9.17) is 0 Å². The molecule has 4 nitrogen and oxygen atoms in total. The van der Waals surface area contributed by atoms with Crippen molar-refractivity contribution in [1.82, 2.24) is 9.80 Å². The predicted octanol–water partition coefficient (Wildman–Crippen LogP) is 3.10. The van der Waals surface area contributed by atoms with Gasteiger partial charge in [0.2, 0.25) is 11.8 Å². The van der Waals surface area contributed by atoms with E-state index in [0.717, 1.165) is 18.4 Å². The predicted molar refractivity (Wildman–Crippen MR) is 99.4 cm³/mol. The summed E-state index contributed by atoms with van der Waals surface area (Å²) < 4.78 is 0. The molecule has 3 rings (SSSR count). The third kappa shape index (κ3) is 4.42. The lowest BCUT2D eigenvalue weighted by molar-refractivity contribution is -0.142. The second kappa shape index (κ2) is 8.03. The highest BCUT2D eigenvalue weighted by Gasteiger charge is 2.29. The number of benzene rings is 1. The largest absolute Gasteiger partial charge is 0.339 e. The number of amides is 2. The van der Waals surface area contributed by atoms with Crippen molar-refractivity contribution in [2.24, 2.45) is 5.92 Å². The van der Waals surface area contributed by atoms with Gasteiger partial charge in [-0.1, -0.05) is 43.0 Å². The van der Waals surface area contributed by atoms with Gasteiger partial charge in [-0.2, -0.15) is 0 Å². The normalized spacial score (nSPS) is 19.1. The number of aryl methyl sites for hydroxylation is 2. The molecule has 2 amide bonds. The smallest absolute Gasteiger partial charge is 0.227 e. The highest BCUT2D eigenvalue weighted by atomic mass is 16.2. The van der Waals surface area contributed by atoms with Crippen LogP contribution < -0.4 is 0 Å². The standard InChI is InChI=1S/C21H30N2O2/c1-16-8-9-19(17(2)14-16)15-20(24)22-10-12-23(13-11-22)21(25)18-6-4-3-5-7-18/h8-9,14,18H,3-7,10-13,15H2,1-2H3. The van der Waals surface area contributed by atoms with E-state index < -0.39 is 0 Å². The Morgan fingerprint density at radius 2 is 1.60 bits per heavy atom. The monoisotopic (exact) mass is 342 g/mol. The van der Waals surface area contributed by atoms with Crippen LogP contribution in [-0.4, -0.2) is 47.8 Å². The van der Waals surface area contributed by atoms with Crippen LogP contribution in [0.4, 0.5) is 0 Å². The van der Waals surface area contributed by atoms with Crippen LogP contribution in [0.15, 0.2) is 18.2 Å². The fourth-order valence-corrected chi connectivity index (χ4v) is 4.10. The lowest BCUT2D eigenvalue weighted by atomic mass is 9.88. The maximum Gasteiger partial charge on any atom is 0.227 e. The number of carbonyl (C=O) groups excluding carboxylic acids is 2. The quantitative estimate of drug-likeness (QED) is 0.847. The van der Waals surface area contributed by atoms with Crippen molar-refractivity contribution in [2.75, 3.05) is 26.2 Å². The molecule has 1 heterocycles. The Kier molecular flexibility index (Phi) is 5.77. The van der Waals surface area contributed by atoms with Gasteiger partial charge in [0, 0.05) is 32.1 Å². The van der Waals surface area contributed by atoms with E-state index in [-0.39, 0.29) is 11.8 Å².